The van der Waals surface area contributed by atoms with Crippen LogP contribution in [0.1, 0.15) is 27.2 Å². The van der Waals surface area contributed by atoms with E-state index >= 15 is 0 Å². The monoisotopic (exact) mass is 151 g/mol. The molecular weight excluding hydrogens is 134 g/mol. The second-order valence-corrected chi connectivity index (χ2v) is 2.81. The van der Waals surface area contributed by atoms with Gasteiger partial charge in [-0.05, 0) is 25.3 Å². The summed E-state index contributed by atoms with van der Waals surface area (Å²) < 4.78 is 0. The fraction of sp³-hybridized carbons (Fsp3) is 0.500. The lowest BCUT2D eigenvalue weighted by molar-refractivity contribution is 0.664. The van der Waals surface area contributed by atoms with Gasteiger partial charge in [-0.3, -0.25) is 4.99 Å². The minimum Gasteiger partial charge on any atom is -0.269 e. The minimum absolute atomic E-state index is 0.745. The second-order valence-electron chi connectivity index (χ2n) is 2.81. The average molecular weight is 151 g/mol. The predicted molar refractivity (Wildman–Crippen MR) is 51.9 cm³/mol. The minimum atomic E-state index is 0.745. The predicted octanol–water partition coefficient (Wildman–Crippen LogP) is 3.19. The highest BCUT2D eigenvalue weighted by Gasteiger charge is 1.84. The maximum absolute atomic E-state index is 3.93. The Morgan fingerprint density at radius 2 is 2.00 bits per heavy atom. The molecule has 0 aromatic rings. The average Bonchev–Trinajstić information content (AvgIpc) is 1.96. The van der Waals surface area contributed by atoms with E-state index < -0.39 is 0 Å². The maximum atomic E-state index is 3.93. The summed E-state index contributed by atoms with van der Waals surface area (Å²) >= 11 is 0. The van der Waals surface area contributed by atoms with E-state index in [0.29, 0.717) is 0 Å². The molecule has 0 unspecified atom stereocenters. The standard InChI is InChI=1S/C10H17N/c1-4-11-9-7-5-6-8-10(2)3/h4-7,9-10H,8H2,1-3H3/b6-5-,9-7-,11-4?. The van der Waals surface area contributed by atoms with Gasteiger partial charge in [-0.15, -0.1) is 0 Å². The number of allylic oxidation sites excluding steroid dienone is 3. The van der Waals surface area contributed by atoms with Crippen molar-refractivity contribution in [2.24, 2.45) is 10.9 Å². The third-order valence-electron chi connectivity index (χ3n) is 1.18. The molecular formula is C10H17N. The Hall–Kier alpha value is -0.850. The molecule has 0 aliphatic rings. The molecule has 0 aliphatic carbocycles. The Kier molecular flexibility index (Phi) is 6.70. The first-order valence-corrected chi connectivity index (χ1v) is 4.06. The van der Waals surface area contributed by atoms with E-state index in [1.165, 1.54) is 0 Å². The molecule has 0 rings (SSSR count). The third-order valence-corrected chi connectivity index (χ3v) is 1.18. The first kappa shape index (κ1) is 10.2. The molecule has 0 fully saturated rings. The number of hydrogen-bond donors (Lipinski definition) is 0. The van der Waals surface area contributed by atoms with Crippen LogP contribution in [-0.4, -0.2) is 6.21 Å². The van der Waals surface area contributed by atoms with Gasteiger partial charge < -0.3 is 0 Å². The number of hydrogen-bond acceptors (Lipinski definition) is 1. The lowest BCUT2D eigenvalue weighted by atomic mass is 10.1. The summed E-state index contributed by atoms with van der Waals surface area (Å²) in [5, 5.41) is 0. The fourth-order valence-electron chi connectivity index (χ4n) is 0.615. The first-order valence-electron chi connectivity index (χ1n) is 4.06. The summed E-state index contributed by atoms with van der Waals surface area (Å²) in [4.78, 5) is 3.93. The van der Waals surface area contributed by atoms with Crippen LogP contribution in [0.25, 0.3) is 0 Å². The quantitative estimate of drug-likeness (QED) is 0.432. The van der Waals surface area contributed by atoms with Crippen molar-refractivity contribution in [3.05, 3.63) is 24.4 Å². The summed E-state index contributed by atoms with van der Waals surface area (Å²) in [6.45, 7) is 6.32. The van der Waals surface area contributed by atoms with Crippen molar-refractivity contribution in [3.63, 3.8) is 0 Å². The van der Waals surface area contributed by atoms with Gasteiger partial charge in [-0.2, -0.15) is 0 Å². The van der Waals surface area contributed by atoms with Gasteiger partial charge in [0, 0.05) is 12.4 Å². The molecule has 0 heterocycles. The van der Waals surface area contributed by atoms with Gasteiger partial charge in [0.05, 0.1) is 0 Å². The van der Waals surface area contributed by atoms with Crippen molar-refractivity contribution in [2.75, 3.05) is 0 Å². The Morgan fingerprint density at radius 3 is 2.55 bits per heavy atom. The van der Waals surface area contributed by atoms with Crippen LogP contribution in [0.5, 0.6) is 0 Å². The molecule has 0 aromatic carbocycles. The first-order chi connectivity index (χ1) is 5.27. The summed E-state index contributed by atoms with van der Waals surface area (Å²) in [5.74, 6) is 0.745. The zero-order chi connectivity index (χ0) is 8.53. The molecule has 0 saturated carbocycles. The highest BCUT2D eigenvalue weighted by molar-refractivity contribution is 5.54. The van der Waals surface area contributed by atoms with Crippen LogP contribution < -0.4 is 0 Å². The van der Waals surface area contributed by atoms with Crippen molar-refractivity contribution in [2.45, 2.75) is 27.2 Å². The molecule has 0 N–H and O–H groups in total. The number of aliphatic imine (C=N–C) groups is 1. The van der Waals surface area contributed by atoms with Crippen molar-refractivity contribution < 1.29 is 0 Å². The smallest absolute Gasteiger partial charge is 0.0263 e. The summed E-state index contributed by atoms with van der Waals surface area (Å²) in [6, 6.07) is 0. The van der Waals surface area contributed by atoms with Crippen LogP contribution in [0.3, 0.4) is 0 Å². The molecule has 1 nitrogen and oxygen atoms in total. The molecule has 0 spiro atoms. The summed E-state index contributed by atoms with van der Waals surface area (Å²) in [7, 11) is 0. The van der Waals surface area contributed by atoms with Crippen molar-refractivity contribution in [1.29, 1.82) is 0 Å². The van der Waals surface area contributed by atoms with E-state index in [9.17, 15) is 0 Å². The van der Waals surface area contributed by atoms with Crippen LogP contribution >= 0.6 is 0 Å². The highest BCUT2D eigenvalue weighted by atomic mass is 14.6. The normalized spacial score (nSPS) is 13.1. The Bertz CT molecular complexity index is 152. The largest absolute Gasteiger partial charge is 0.269 e. The Labute approximate surface area is 69.5 Å². The van der Waals surface area contributed by atoms with Crippen LogP contribution in [0, 0.1) is 5.92 Å². The van der Waals surface area contributed by atoms with E-state index in [1.54, 1.807) is 12.4 Å². The molecule has 0 radical (unpaired) electrons. The van der Waals surface area contributed by atoms with Gasteiger partial charge in [0.1, 0.15) is 0 Å². The molecule has 0 saturated heterocycles. The van der Waals surface area contributed by atoms with Crippen LogP contribution in [0.15, 0.2) is 29.4 Å². The maximum Gasteiger partial charge on any atom is 0.0263 e. The van der Waals surface area contributed by atoms with Crippen LogP contribution in [-0.2, 0) is 0 Å². The van der Waals surface area contributed by atoms with E-state index in [1.807, 2.05) is 19.1 Å². The molecule has 0 aliphatic heterocycles. The zero-order valence-electron chi connectivity index (χ0n) is 7.62. The molecule has 0 aromatic heterocycles. The second kappa shape index (κ2) is 7.26. The molecule has 0 amide bonds. The summed E-state index contributed by atoms with van der Waals surface area (Å²) in [6.07, 6.45) is 10.8. The lowest BCUT2D eigenvalue weighted by Crippen LogP contribution is -1.80. The number of nitrogens with zero attached hydrogens (tertiary/aromatic N) is 1. The highest BCUT2D eigenvalue weighted by Crippen LogP contribution is 1.99. The zero-order valence-corrected chi connectivity index (χ0v) is 7.62. The van der Waals surface area contributed by atoms with Crippen LogP contribution in [0.2, 0.25) is 0 Å². The van der Waals surface area contributed by atoms with Gasteiger partial charge >= 0.3 is 0 Å². The van der Waals surface area contributed by atoms with Crippen LogP contribution in [0.4, 0.5) is 0 Å². The SMILES string of the molecule is CC=N/C=C\C=C/CC(C)C. The van der Waals surface area contributed by atoms with E-state index in [2.05, 4.69) is 24.9 Å². The van der Waals surface area contributed by atoms with E-state index in [0.717, 1.165) is 12.3 Å². The Morgan fingerprint density at radius 1 is 1.27 bits per heavy atom. The third kappa shape index (κ3) is 9.15. The summed E-state index contributed by atoms with van der Waals surface area (Å²) in [5.41, 5.74) is 0. The van der Waals surface area contributed by atoms with E-state index in [-0.39, 0.29) is 0 Å². The number of rotatable bonds is 4. The van der Waals surface area contributed by atoms with Gasteiger partial charge in [-0.1, -0.05) is 26.0 Å². The molecule has 11 heavy (non-hydrogen) atoms. The van der Waals surface area contributed by atoms with Gasteiger partial charge in [-0.25, -0.2) is 0 Å². The van der Waals surface area contributed by atoms with Crippen molar-refractivity contribution in [3.8, 4) is 0 Å². The van der Waals surface area contributed by atoms with Gasteiger partial charge in [0.15, 0.2) is 0 Å². The van der Waals surface area contributed by atoms with Crippen molar-refractivity contribution >= 4 is 6.21 Å². The van der Waals surface area contributed by atoms with Gasteiger partial charge in [0.25, 0.3) is 0 Å². The van der Waals surface area contributed by atoms with Gasteiger partial charge in [0.2, 0.25) is 0 Å². The molecule has 0 atom stereocenters. The Balaban J connectivity index is 3.44. The molecule has 1 heteroatoms. The lowest BCUT2D eigenvalue weighted by Gasteiger charge is -1.94. The van der Waals surface area contributed by atoms with E-state index in [4.69, 9.17) is 0 Å². The van der Waals surface area contributed by atoms with Crippen molar-refractivity contribution in [1.82, 2.24) is 0 Å². The molecule has 0 bridgehead atoms. The topological polar surface area (TPSA) is 12.4 Å². The fourth-order valence-corrected chi connectivity index (χ4v) is 0.615. The molecule has 62 valence electrons.